The van der Waals surface area contributed by atoms with Crippen LogP contribution in [-0.2, 0) is 33.5 Å². The average molecular weight is 385 g/mol. The van der Waals surface area contributed by atoms with E-state index in [1.807, 2.05) is 0 Å². The molecule has 0 aromatic heterocycles. The number of hydrogen-bond donors (Lipinski definition) is 3. The number of hydrogen-bond acceptors (Lipinski definition) is 3. The molecule has 0 aromatic rings. The van der Waals surface area contributed by atoms with Crippen molar-refractivity contribution in [2.75, 3.05) is 0 Å². The molecule has 0 radical (unpaired) electrons. The summed E-state index contributed by atoms with van der Waals surface area (Å²) in [5.41, 5.74) is 0. The normalized spacial score (nSPS) is 8.00. The second kappa shape index (κ2) is 11.2. The van der Waals surface area contributed by atoms with E-state index in [9.17, 15) is 0 Å². The van der Waals surface area contributed by atoms with Crippen LogP contribution in [0.1, 0.15) is 6.92 Å². The first kappa shape index (κ1) is 18.0. The van der Waals surface area contributed by atoms with Crippen LogP contribution in [0.4, 0.5) is 0 Å². The summed E-state index contributed by atoms with van der Waals surface area (Å²) in [5, 5.41) is 0. The molecule has 0 spiro atoms. The zero-order valence-corrected chi connectivity index (χ0v) is 12.2. The topological polar surface area (TPSA) is 74.6 Å². The molecule has 0 atom stereocenters. The predicted molar refractivity (Wildman–Crippen MR) is 40.8 cm³/mol. The van der Waals surface area contributed by atoms with Gasteiger partial charge in [0.15, 0.2) is 0 Å². The van der Waals surface area contributed by atoms with E-state index in [2.05, 4.69) is 16.0 Å². The molecule has 0 aliphatic rings. The van der Waals surface area contributed by atoms with Gasteiger partial charge in [-0.05, 0) is 0 Å². The van der Waals surface area contributed by atoms with Crippen molar-refractivity contribution < 1.29 is 40.6 Å². The molecule has 4 nitrogen and oxygen atoms in total. The van der Waals surface area contributed by atoms with Gasteiger partial charge in [0.25, 0.3) is 0 Å². The number of rotatable bonds is 1. The maximum absolute atomic E-state index is 8.74. The Bertz CT molecular complexity index is 124. The van der Waals surface area contributed by atoms with Crippen LogP contribution < -0.4 is 0 Å². The van der Waals surface area contributed by atoms with E-state index in [1.165, 1.54) is 3.93 Å². The van der Waals surface area contributed by atoms with Gasteiger partial charge >= 0.3 is 83.0 Å². The fraction of sp³-hybridized carbons (Fsp3) is 1.00. The van der Waals surface area contributed by atoms with E-state index in [0.29, 0.717) is 0 Å². The van der Waals surface area contributed by atoms with Crippen LogP contribution in [0.15, 0.2) is 0 Å². The van der Waals surface area contributed by atoms with Crippen LogP contribution in [0.3, 0.4) is 0 Å². The van der Waals surface area contributed by atoms with Crippen molar-refractivity contribution in [3.8, 4) is 0 Å². The first-order chi connectivity index (χ1) is 3.91. The van der Waals surface area contributed by atoms with Gasteiger partial charge in [-0.1, -0.05) is 0 Å². The van der Waals surface area contributed by atoms with Gasteiger partial charge in [0.1, 0.15) is 0 Å². The van der Waals surface area contributed by atoms with Crippen molar-refractivity contribution in [1.29, 1.82) is 0 Å². The molecule has 56 valence electrons. The van der Waals surface area contributed by atoms with Crippen LogP contribution >= 0.6 is 9.11 Å². The van der Waals surface area contributed by atoms with Crippen LogP contribution in [0.2, 0.25) is 3.93 Å². The second-order valence-electron chi connectivity index (χ2n) is 1.17. The Hall–Kier alpha value is 2.16. The van der Waals surface area contributed by atoms with Gasteiger partial charge in [0, 0.05) is 0 Å². The molecule has 0 unspecified atom stereocenters. The third kappa shape index (κ3) is 85.5. The molecule has 8 heteroatoms. The van der Waals surface area contributed by atoms with Gasteiger partial charge in [-0.2, -0.15) is 8.42 Å². The predicted octanol–water partition coefficient (Wildman–Crippen LogP) is 0.0506. The van der Waals surface area contributed by atoms with Gasteiger partial charge in [-0.25, -0.2) is 0 Å². The zero-order chi connectivity index (χ0) is 7.91. The van der Waals surface area contributed by atoms with Crippen LogP contribution in [0, 0.1) is 0 Å². The van der Waals surface area contributed by atoms with Gasteiger partial charge in [-0.15, -0.1) is 0 Å². The minimum atomic E-state index is -4.67. The van der Waals surface area contributed by atoms with Gasteiger partial charge in [0.05, 0.1) is 0 Å². The summed E-state index contributed by atoms with van der Waals surface area (Å²) in [6.07, 6.45) is 0. The molecule has 0 saturated heterocycles. The first-order valence-corrected chi connectivity index (χ1v) is 15.5. The third-order valence-corrected chi connectivity index (χ3v) is 5.89. The van der Waals surface area contributed by atoms with E-state index in [0.717, 1.165) is 0 Å². The molecule has 0 heterocycles. The maximum atomic E-state index is 8.74. The molecule has 0 aliphatic heterocycles. The van der Waals surface area contributed by atoms with E-state index >= 15 is 0 Å². The summed E-state index contributed by atoms with van der Waals surface area (Å²) in [6, 6.07) is 0. The van der Waals surface area contributed by atoms with Crippen LogP contribution in [0.5, 0.6) is 0 Å². The number of thiol groups is 1. The van der Waals surface area contributed by atoms with Crippen molar-refractivity contribution in [1.82, 2.24) is 0 Å². The van der Waals surface area contributed by atoms with Crippen molar-refractivity contribution >= 4 is 49.1 Å². The zero-order valence-electron chi connectivity index (χ0n) is 4.98. The summed E-state index contributed by atoms with van der Waals surface area (Å²) in [6.45, 7) is 2.20. The van der Waals surface area contributed by atoms with Crippen molar-refractivity contribution in [2.45, 2.75) is 10.9 Å². The van der Waals surface area contributed by atoms with E-state index in [-0.39, 0.29) is 29.6 Å². The summed E-state index contributed by atoms with van der Waals surface area (Å²) in [7, 11) is -0.524. The minimum absolute atomic E-state index is 0. The molecule has 10 heavy (non-hydrogen) atoms. The SMILES string of the molecule is C[CH2][Hg][SH].O=S(=O)(O)O.[NaH]. The van der Waals surface area contributed by atoms with E-state index < -0.39 is 33.5 Å². The summed E-state index contributed by atoms with van der Waals surface area (Å²) < 4.78 is 33.0. The van der Waals surface area contributed by atoms with Gasteiger partial charge in [-0.3, -0.25) is 9.11 Å². The molecule has 0 amide bonds. The fourth-order valence-corrected chi connectivity index (χ4v) is 0. The van der Waals surface area contributed by atoms with Crippen LogP contribution in [-0.4, -0.2) is 47.1 Å². The van der Waals surface area contributed by atoms with Crippen LogP contribution in [0.25, 0.3) is 0 Å². The molecule has 0 bridgehead atoms. The monoisotopic (exact) mass is 386 g/mol. The third-order valence-electron chi connectivity index (χ3n) is 0.224. The molecular weight excluding hydrogens is 376 g/mol. The fourth-order valence-electron chi connectivity index (χ4n) is 0. The standard InChI is InChI=1S/C2H5.Hg.Na.H2O4S.H2S.H/c1-2;;;1-5(2,3)4;;/h1H2,2H3;;;(H2,1,2,3,4);1H2;/q;+1;;;;/p-1. The summed E-state index contributed by atoms with van der Waals surface area (Å²) in [4.78, 5) is 0. The Morgan fingerprint density at radius 1 is 1.50 bits per heavy atom. The van der Waals surface area contributed by atoms with E-state index in [4.69, 9.17) is 17.5 Å². The molecule has 0 aliphatic carbocycles. The molecular formula is C2H9HgNaO4S2. The first-order valence-electron chi connectivity index (χ1n) is 2.22. The molecule has 2 N–H and O–H groups in total. The molecule has 0 saturated carbocycles. The van der Waals surface area contributed by atoms with Crippen molar-refractivity contribution in [3.63, 3.8) is 0 Å². The molecule has 0 rings (SSSR count). The second-order valence-corrected chi connectivity index (χ2v) is 11.6. The van der Waals surface area contributed by atoms with Gasteiger partial charge in [0.2, 0.25) is 0 Å². The molecule has 0 fully saturated rings. The summed E-state index contributed by atoms with van der Waals surface area (Å²) in [5.74, 6) is 0. The Labute approximate surface area is 99.0 Å². The Kier molecular flexibility index (Phi) is 20.1. The Balaban J connectivity index is -0.0000000910. The van der Waals surface area contributed by atoms with Crippen molar-refractivity contribution in [3.05, 3.63) is 0 Å². The van der Waals surface area contributed by atoms with Gasteiger partial charge < -0.3 is 0 Å². The van der Waals surface area contributed by atoms with Crippen molar-refractivity contribution in [2.24, 2.45) is 0 Å². The Morgan fingerprint density at radius 3 is 1.60 bits per heavy atom. The Morgan fingerprint density at radius 2 is 1.60 bits per heavy atom. The molecule has 0 aromatic carbocycles. The average Bonchev–Trinajstić information content (AvgIpc) is 1.61. The van der Waals surface area contributed by atoms with E-state index in [1.54, 1.807) is 0 Å². The summed E-state index contributed by atoms with van der Waals surface area (Å²) >= 11 is -0.418. The quantitative estimate of drug-likeness (QED) is 0.339.